The number of hydrogen-bond donors (Lipinski definition) is 1. The molecule has 0 aliphatic rings. The lowest BCUT2D eigenvalue weighted by Crippen LogP contribution is -1.93. The molecule has 0 atom stereocenters. The second kappa shape index (κ2) is 16.5. The summed E-state index contributed by atoms with van der Waals surface area (Å²) in [6, 6.07) is 0. The van der Waals surface area contributed by atoms with Gasteiger partial charge in [-0.25, -0.2) is 0 Å². The van der Waals surface area contributed by atoms with E-state index in [0.717, 1.165) is 12.8 Å². The van der Waals surface area contributed by atoms with Gasteiger partial charge in [0.2, 0.25) is 0 Å². The lowest BCUT2D eigenvalue weighted by atomic mass is 10.0. The maximum Gasteiger partial charge on any atom is 0.303 e. The van der Waals surface area contributed by atoms with Crippen LogP contribution in [0.5, 0.6) is 0 Å². The highest BCUT2D eigenvalue weighted by Gasteiger charge is 1.97. The predicted octanol–water partition coefficient (Wildman–Crippen LogP) is 6.33. The standard InChI is InChI=1S/C18H36O2/c1-2-3-4-5-6-7-8-9-10-11-12-13-14-15-16-17-18(19)20/h2-17H2,1H3,(H,19,20)/i18+1. The molecule has 20 heavy (non-hydrogen) atoms. The molecule has 0 aromatic heterocycles. The topological polar surface area (TPSA) is 37.3 Å². The summed E-state index contributed by atoms with van der Waals surface area (Å²) >= 11 is 0. The molecule has 120 valence electrons. The Labute approximate surface area is 126 Å². The van der Waals surface area contributed by atoms with Gasteiger partial charge in [0.05, 0.1) is 0 Å². The van der Waals surface area contributed by atoms with E-state index in [-0.39, 0.29) is 0 Å². The van der Waals surface area contributed by atoms with Crippen LogP contribution in [0.15, 0.2) is 0 Å². The molecule has 0 aliphatic heterocycles. The minimum atomic E-state index is -0.653. The number of rotatable bonds is 16. The summed E-state index contributed by atoms with van der Waals surface area (Å²) < 4.78 is 0. The number of aliphatic carboxylic acids is 1. The van der Waals surface area contributed by atoms with E-state index in [1.54, 1.807) is 0 Å². The van der Waals surface area contributed by atoms with Crippen molar-refractivity contribution in [1.82, 2.24) is 0 Å². The van der Waals surface area contributed by atoms with Crippen LogP contribution in [0.3, 0.4) is 0 Å². The molecule has 0 rings (SSSR count). The summed E-state index contributed by atoms with van der Waals surface area (Å²) in [6.07, 6.45) is 20.2. The van der Waals surface area contributed by atoms with Crippen LogP contribution >= 0.6 is 0 Å². The van der Waals surface area contributed by atoms with Gasteiger partial charge in [-0.3, -0.25) is 4.79 Å². The van der Waals surface area contributed by atoms with Crippen molar-refractivity contribution in [3.63, 3.8) is 0 Å². The van der Waals surface area contributed by atoms with Gasteiger partial charge in [0.1, 0.15) is 0 Å². The zero-order chi connectivity index (χ0) is 14.9. The summed E-state index contributed by atoms with van der Waals surface area (Å²) in [4.78, 5) is 10.3. The third kappa shape index (κ3) is 17.5. The Bertz CT molecular complexity index is 202. The highest BCUT2D eigenvalue weighted by molar-refractivity contribution is 5.66. The van der Waals surface area contributed by atoms with Crippen LogP contribution in [-0.2, 0) is 4.79 Å². The van der Waals surface area contributed by atoms with E-state index >= 15 is 0 Å². The molecular formula is C18H36O2. The van der Waals surface area contributed by atoms with Crippen molar-refractivity contribution >= 4 is 5.97 Å². The van der Waals surface area contributed by atoms with E-state index in [9.17, 15) is 4.79 Å². The first-order valence-electron chi connectivity index (χ1n) is 8.99. The van der Waals surface area contributed by atoms with E-state index in [1.165, 1.54) is 83.5 Å². The van der Waals surface area contributed by atoms with Crippen LogP contribution in [0.1, 0.15) is 110 Å². The molecule has 0 fully saturated rings. The van der Waals surface area contributed by atoms with Crippen molar-refractivity contribution in [2.75, 3.05) is 0 Å². The molecule has 2 heteroatoms. The number of carbonyl (C=O) groups is 1. The van der Waals surface area contributed by atoms with E-state index in [4.69, 9.17) is 5.11 Å². The number of carboxylic acid groups (broad SMARTS) is 1. The molecule has 0 saturated carbocycles. The fourth-order valence-corrected chi connectivity index (χ4v) is 2.65. The van der Waals surface area contributed by atoms with Crippen LogP contribution in [0.4, 0.5) is 0 Å². The summed E-state index contributed by atoms with van der Waals surface area (Å²) in [7, 11) is 0. The van der Waals surface area contributed by atoms with Gasteiger partial charge in [-0.1, -0.05) is 96.8 Å². The second-order valence-corrected chi connectivity index (χ2v) is 6.09. The van der Waals surface area contributed by atoms with Crippen molar-refractivity contribution in [1.29, 1.82) is 0 Å². The van der Waals surface area contributed by atoms with E-state index in [1.807, 2.05) is 0 Å². The molecular weight excluding hydrogens is 249 g/mol. The lowest BCUT2D eigenvalue weighted by Gasteiger charge is -2.03. The van der Waals surface area contributed by atoms with Crippen molar-refractivity contribution in [2.45, 2.75) is 110 Å². The molecule has 0 aliphatic carbocycles. The summed E-state index contributed by atoms with van der Waals surface area (Å²) in [6.45, 7) is 2.27. The van der Waals surface area contributed by atoms with E-state index in [2.05, 4.69) is 6.92 Å². The maximum atomic E-state index is 10.3. The van der Waals surface area contributed by atoms with Crippen molar-refractivity contribution in [2.24, 2.45) is 0 Å². The largest absolute Gasteiger partial charge is 0.481 e. The Kier molecular flexibility index (Phi) is 16.1. The smallest absolute Gasteiger partial charge is 0.303 e. The third-order valence-corrected chi connectivity index (χ3v) is 3.99. The van der Waals surface area contributed by atoms with E-state index in [0.29, 0.717) is 6.42 Å². The molecule has 0 amide bonds. The SMILES string of the molecule is CCCCCCCCCCCCCCCCC[13C](=O)O. The molecule has 2 nitrogen and oxygen atoms in total. The van der Waals surface area contributed by atoms with Gasteiger partial charge in [0, 0.05) is 6.42 Å². The van der Waals surface area contributed by atoms with Crippen LogP contribution in [-0.4, -0.2) is 11.1 Å². The number of unbranched alkanes of at least 4 members (excludes halogenated alkanes) is 14. The van der Waals surface area contributed by atoms with Gasteiger partial charge < -0.3 is 5.11 Å². The molecule has 0 saturated heterocycles. The first kappa shape index (κ1) is 19.5. The Morgan fingerprint density at radius 2 is 0.900 bits per heavy atom. The average molecular weight is 285 g/mol. The Hall–Kier alpha value is -0.530. The molecule has 0 heterocycles. The van der Waals surface area contributed by atoms with Gasteiger partial charge in [-0.05, 0) is 6.42 Å². The number of hydrogen-bond acceptors (Lipinski definition) is 1. The molecule has 0 aromatic rings. The molecule has 1 N–H and O–H groups in total. The van der Waals surface area contributed by atoms with E-state index < -0.39 is 5.97 Å². The third-order valence-electron chi connectivity index (χ3n) is 3.99. The van der Waals surface area contributed by atoms with Crippen LogP contribution < -0.4 is 0 Å². The van der Waals surface area contributed by atoms with Gasteiger partial charge >= 0.3 is 5.97 Å². The van der Waals surface area contributed by atoms with Gasteiger partial charge in [0.15, 0.2) is 0 Å². The Balaban J connectivity index is 2.94. The van der Waals surface area contributed by atoms with Crippen LogP contribution in [0.25, 0.3) is 0 Å². The summed E-state index contributed by atoms with van der Waals surface area (Å²) in [5.74, 6) is -0.653. The lowest BCUT2D eigenvalue weighted by molar-refractivity contribution is -0.137. The van der Waals surface area contributed by atoms with Crippen LogP contribution in [0.2, 0.25) is 0 Å². The summed E-state index contributed by atoms with van der Waals surface area (Å²) in [5.41, 5.74) is 0. The maximum absolute atomic E-state index is 10.3. The zero-order valence-electron chi connectivity index (χ0n) is 13.7. The highest BCUT2D eigenvalue weighted by atomic mass is 16.5. The summed E-state index contributed by atoms with van der Waals surface area (Å²) in [5, 5.41) is 8.52. The minimum Gasteiger partial charge on any atom is -0.481 e. The van der Waals surface area contributed by atoms with Crippen molar-refractivity contribution in [3.05, 3.63) is 0 Å². The quantitative estimate of drug-likeness (QED) is 0.265. The molecule has 0 aromatic carbocycles. The van der Waals surface area contributed by atoms with Gasteiger partial charge in [-0.2, -0.15) is 0 Å². The predicted molar refractivity (Wildman–Crippen MR) is 87.2 cm³/mol. The number of carboxylic acids is 1. The zero-order valence-corrected chi connectivity index (χ0v) is 13.7. The van der Waals surface area contributed by atoms with Crippen LogP contribution in [0, 0.1) is 0 Å². The van der Waals surface area contributed by atoms with Gasteiger partial charge in [-0.15, -0.1) is 0 Å². The molecule has 0 spiro atoms. The first-order valence-corrected chi connectivity index (χ1v) is 8.99. The molecule has 0 radical (unpaired) electrons. The molecule has 0 bridgehead atoms. The monoisotopic (exact) mass is 285 g/mol. The van der Waals surface area contributed by atoms with Gasteiger partial charge in [0.25, 0.3) is 0 Å². The molecule has 0 unspecified atom stereocenters. The van der Waals surface area contributed by atoms with Crippen molar-refractivity contribution in [3.8, 4) is 0 Å². The van der Waals surface area contributed by atoms with Crippen molar-refractivity contribution < 1.29 is 9.90 Å². The fraction of sp³-hybridized carbons (Fsp3) is 0.944. The fourth-order valence-electron chi connectivity index (χ4n) is 2.65. The second-order valence-electron chi connectivity index (χ2n) is 6.09. The highest BCUT2D eigenvalue weighted by Crippen LogP contribution is 2.13. The average Bonchev–Trinajstić information content (AvgIpc) is 2.43. The Morgan fingerprint density at radius 3 is 1.20 bits per heavy atom. The first-order chi connectivity index (χ1) is 9.77. The minimum absolute atomic E-state index is 0.345. The Morgan fingerprint density at radius 1 is 0.600 bits per heavy atom. The normalized spacial score (nSPS) is 10.8.